The van der Waals surface area contributed by atoms with Gasteiger partial charge in [0.25, 0.3) is 0 Å². The summed E-state index contributed by atoms with van der Waals surface area (Å²) in [4.78, 5) is 20.2. The van der Waals surface area contributed by atoms with Crippen molar-refractivity contribution in [2.45, 2.75) is 37.5 Å². The number of amides is 1. The Morgan fingerprint density at radius 3 is 2.33 bits per heavy atom. The lowest BCUT2D eigenvalue weighted by Crippen LogP contribution is -2.38. The largest absolute Gasteiger partial charge is 0.372 e. The molecule has 0 saturated carbocycles. The molecule has 3 heterocycles. The Morgan fingerprint density at radius 2 is 1.67 bits per heavy atom. The second-order valence-electron chi connectivity index (χ2n) is 9.22. The molecule has 3 aliphatic heterocycles. The first-order valence-electron chi connectivity index (χ1n) is 11.5. The van der Waals surface area contributed by atoms with Gasteiger partial charge in [-0.3, -0.25) is 4.79 Å². The van der Waals surface area contributed by atoms with E-state index in [-0.39, 0.29) is 28.7 Å². The van der Waals surface area contributed by atoms with Crippen LogP contribution in [0.15, 0.2) is 59.6 Å². The Kier molecular flexibility index (Phi) is 6.22. The zero-order valence-electron chi connectivity index (χ0n) is 18.8. The van der Waals surface area contributed by atoms with Gasteiger partial charge in [-0.25, -0.2) is 8.42 Å². The van der Waals surface area contributed by atoms with E-state index in [2.05, 4.69) is 52.4 Å². The maximum Gasteiger partial charge on any atom is 0.244 e. The summed E-state index contributed by atoms with van der Waals surface area (Å²) < 4.78 is 24.4. The normalized spacial score (nSPS) is 26.0. The number of amidine groups is 1. The van der Waals surface area contributed by atoms with Crippen LogP contribution in [0.4, 0.5) is 11.4 Å². The molecule has 3 fully saturated rings. The number of thioether (sulfide) groups is 1. The highest BCUT2D eigenvalue weighted by atomic mass is 32.2. The highest BCUT2D eigenvalue weighted by Crippen LogP contribution is 2.41. The lowest BCUT2D eigenvalue weighted by molar-refractivity contribution is -0.115. The van der Waals surface area contributed by atoms with Gasteiger partial charge in [0.2, 0.25) is 5.91 Å². The number of rotatable bonds is 4. The van der Waals surface area contributed by atoms with Crippen molar-refractivity contribution in [1.82, 2.24) is 0 Å². The summed E-state index contributed by atoms with van der Waals surface area (Å²) in [6.45, 7) is 3.51. The Morgan fingerprint density at radius 1 is 1.00 bits per heavy atom. The van der Waals surface area contributed by atoms with Crippen LogP contribution in [0.1, 0.15) is 25.3 Å². The number of carbonyl (C=O) groups excluding carboxylic acids is 1. The third-order valence-corrected chi connectivity index (χ3v) is 10.0. The number of piperidine rings is 1. The zero-order valence-corrected chi connectivity index (χ0v) is 20.4. The Bertz CT molecular complexity index is 1140. The molecule has 5 rings (SSSR count). The molecule has 0 radical (unpaired) electrons. The van der Waals surface area contributed by atoms with E-state index in [1.165, 1.54) is 42.8 Å². The number of hydrogen-bond donors (Lipinski definition) is 0. The molecule has 3 aliphatic rings. The van der Waals surface area contributed by atoms with Crippen molar-refractivity contribution in [1.29, 1.82) is 0 Å². The number of hydrogen-bond acceptors (Lipinski definition) is 5. The Hall–Kier alpha value is -2.32. The predicted molar refractivity (Wildman–Crippen MR) is 136 cm³/mol. The number of aliphatic imine (C=N–C) groups is 1. The van der Waals surface area contributed by atoms with Crippen molar-refractivity contribution in [3.05, 3.63) is 60.2 Å². The van der Waals surface area contributed by atoms with Crippen molar-refractivity contribution in [2.75, 3.05) is 34.4 Å². The number of anilines is 2. The molecule has 6 nitrogen and oxygen atoms in total. The van der Waals surface area contributed by atoms with Crippen molar-refractivity contribution in [3.63, 3.8) is 0 Å². The first-order valence-corrected chi connectivity index (χ1v) is 14.2. The number of fused-ring (bicyclic) bond motifs is 1. The van der Waals surface area contributed by atoms with E-state index in [0.29, 0.717) is 5.17 Å². The van der Waals surface area contributed by atoms with E-state index in [1.54, 1.807) is 0 Å². The van der Waals surface area contributed by atoms with Crippen LogP contribution in [0.3, 0.4) is 0 Å². The number of benzene rings is 2. The molecule has 0 aliphatic carbocycles. The first-order chi connectivity index (χ1) is 15.9. The van der Waals surface area contributed by atoms with Crippen LogP contribution in [-0.4, -0.2) is 55.4 Å². The highest BCUT2D eigenvalue weighted by molar-refractivity contribution is 8.16. The van der Waals surface area contributed by atoms with Gasteiger partial charge in [0, 0.05) is 36.6 Å². The molecule has 2 aromatic carbocycles. The molecule has 0 bridgehead atoms. The molecule has 0 aromatic heterocycles. The van der Waals surface area contributed by atoms with Crippen LogP contribution >= 0.6 is 11.8 Å². The van der Waals surface area contributed by atoms with E-state index in [0.717, 1.165) is 31.1 Å². The fraction of sp³-hybridized carbons (Fsp3) is 0.440. The summed E-state index contributed by atoms with van der Waals surface area (Å²) in [5.74, 6) is 0.709. The quantitative estimate of drug-likeness (QED) is 0.659. The van der Waals surface area contributed by atoms with Crippen molar-refractivity contribution < 1.29 is 13.2 Å². The summed E-state index contributed by atoms with van der Waals surface area (Å²) in [6, 6.07) is 18.8. The standard InChI is InChI=1S/C25H29N3O3S2/c1-18(29)26-25-28(23-16-33(30,31)17-24(23)32-25)22-9-7-21(8-10-22)27-13-11-20(12-14-27)15-19-5-3-2-4-6-19/h2-10,20,23-24H,11-17H2,1H3/t23-,24-/m1/s1. The zero-order chi connectivity index (χ0) is 23.0. The van der Waals surface area contributed by atoms with Gasteiger partial charge in [0.1, 0.15) is 0 Å². The van der Waals surface area contributed by atoms with Gasteiger partial charge in [0.15, 0.2) is 15.0 Å². The number of nitrogens with zero attached hydrogens (tertiary/aromatic N) is 3. The second-order valence-corrected chi connectivity index (χ2v) is 12.6. The molecule has 2 aromatic rings. The van der Waals surface area contributed by atoms with Gasteiger partial charge in [-0.05, 0) is 55.0 Å². The topological polar surface area (TPSA) is 70.0 Å². The lowest BCUT2D eigenvalue weighted by atomic mass is 9.90. The third kappa shape index (κ3) is 4.96. The van der Waals surface area contributed by atoms with Gasteiger partial charge in [-0.2, -0.15) is 4.99 Å². The van der Waals surface area contributed by atoms with Crippen molar-refractivity contribution >= 4 is 44.0 Å². The number of carbonyl (C=O) groups is 1. The van der Waals surface area contributed by atoms with Gasteiger partial charge in [-0.1, -0.05) is 42.1 Å². The molecule has 33 heavy (non-hydrogen) atoms. The van der Waals surface area contributed by atoms with Crippen LogP contribution in [0.5, 0.6) is 0 Å². The van der Waals surface area contributed by atoms with Crippen molar-refractivity contribution in [2.24, 2.45) is 10.9 Å². The first kappa shape index (κ1) is 22.5. The summed E-state index contributed by atoms with van der Waals surface area (Å²) in [6.07, 6.45) is 3.50. The minimum atomic E-state index is -3.06. The summed E-state index contributed by atoms with van der Waals surface area (Å²) in [7, 11) is -3.06. The molecular formula is C25H29N3O3S2. The Balaban J connectivity index is 1.27. The monoisotopic (exact) mass is 483 g/mol. The van der Waals surface area contributed by atoms with E-state index < -0.39 is 9.84 Å². The molecule has 0 spiro atoms. The average Bonchev–Trinajstić information content (AvgIpc) is 3.25. The van der Waals surface area contributed by atoms with Crippen LogP contribution in [0.25, 0.3) is 0 Å². The Labute approximate surface area is 200 Å². The second kappa shape index (κ2) is 9.14. The van der Waals surface area contributed by atoms with Gasteiger partial charge >= 0.3 is 0 Å². The molecule has 2 atom stereocenters. The predicted octanol–water partition coefficient (Wildman–Crippen LogP) is 3.77. The third-order valence-electron chi connectivity index (χ3n) is 6.79. The smallest absolute Gasteiger partial charge is 0.244 e. The van der Waals surface area contributed by atoms with E-state index in [1.807, 2.05) is 17.0 Å². The van der Waals surface area contributed by atoms with Crippen LogP contribution in [-0.2, 0) is 21.1 Å². The maximum absolute atomic E-state index is 12.2. The van der Waals surface area contributed by atoms with Gasteiger partial charge < -0.3 is 9.80 Å². The lowest BCUT2D eigenvalue weighted by Gasteiger charge is -2.34. The summed E-state index contributed by atoms with van der Waals surface area (Å²) in [5.41, 5.74) is 3.50. The number of sulfone groups is 1. The molecule has 0 N–H and O–H groups in total. The molecule has 0 unspecified atom stereocenters. The molecule has 3 saturated heterocycles. The van der Waals surface area contributed by atoms with E-state index in [9.17, 15) is 13.2 Å². The van der Waals surface area contributed by atoms with Gasteiger partial charge in [0.05, 0.1) is 17.5 Å². The maximum atomic E-state index is 12.2. The van der Waals surface area contributed by atoms with E-state index >= 15 is 0 Å². The SMILES string of the molecule is CC(=O)N=C1S[C@@H]2CS(=O)(=O)C[C@H]2N1c1ccc(N2CCC(Cc3ccccc3)CC2)cc1. The van der Waals surface area contributed by atoms with Crippen LogP contribution < -0.4 is 9.80 Å². The van der Waals surface area contributed by atoms with Crippen LogP contribution in [0.2, 0.25) is 0 Å². The molecule has 174 valence electrons. The highest BCUT2D eigenvalue weighted by Gasteiger charge is 2.49. The minimum Gasteiger partial charge on any atom is -0.372 e. The average molecular weight is 484 g/mol. The van der Waals surface area contributed by atoms with Gasteiger partial charge in [-0.15, -0.1) is 0 Å². The molecular weight excluding hydrogens is 454 g/mol. The molecule has 8 heteroatoms. The summed E-state index contributed by atoms with van der Waals surface area (Å²) in [5, 5.41) is 0.540. The fourth-order valence-electron chi connectivity index (χ4n) is 5.17. The molecule has 1 amide bonds. The minimum absolute atomic E-state index is 0.0728. The fourth-order valence-corrected chi connectivity index (χ4v) is 9.13. The van der Waals surface area contributed by atoms with E-state index in [4.69, 9.17) is 0 Å². The van der Waals surface area contributed by atoms with Crippen molar-refractivity contribution in [3.8, 4) is 0 Å². The van der Waals surface area contributed by atoms with Crippen LogP contribution in [0, 0.1) is 5.92 Å². The summed E-state index contributed by atoms with van der Waals surface area (Å²) >= 11 is 1.41.